The van der Waals surface area contributed by atoms with Gasteiger partial charge in [0, 0.05) is 25.3 Å². The second kappa shape index (κ2) is 4.76. The summed E-state index contributed by atoms with van der Waals surface area (Å²) in [6, 6.07) is 0. The molecule has 2 rings (SSSR count). The van der Waals surface area contributed by atoms with Crippen molar-refractivity contribution in [2.75, 3.05) is 6.54 Å². The lowest BCUT2D eigenvalue weighted by Crippen LogP contribution is -2.55. The van der Waals surface area contributed by atoms with Gasteiger partial charge >= 0.3 is 0 Å². The molecule has 3 N–H and O–H groups in total. The van der Waals surface area contributed by atoms with Gasteiger partial charge in [0.05, 0.1) is 5.54 Å². The molecule has 0 radical (unpaired) electrons. The Morgan fingerprint density at radius 2 is 1.89 bits per heavy atom. The third kappa shape index (κ3) is 2.99. The van der Waals surface area contributed by atoms with E-state index < -0.39 is 5.92 Å². The molecule has 1 amide bonds. The fourth-order valence-corrected chi connectivity index (χ4v) is 2.73. The molecule has 2 fully saturated rings. The maximum Gasteiger partial charge on any atom is 0.248 e. The smallest absolute Gasteiger partial charge is 0.248 e. The molecule has 0 bridgehead atoms. The number of nitrogens with one attached hydrogen (secondary N) is 1. The average molecular weight is 260 g/mol. The zero-order valence-corrected chi connectivity index (χ0v) is 10.8. The van der Waals surface area contributed by atoms with Crippen molar-refractivity contribution in [1.29, 1.82) is 0 Å². The second-order valence-corrected chi connectivity index (χ2v) is 6.02. The highest BCUT2D eigenvalue weighted by Crippen LogP contribution is 2.40. The van der Waals surface area contributed by atoms with Crippen molar-refractivity contribution in [3.8, 4) is 0 Å². The van der Waals surface area contributed by atoms with Gasteiger partial charge in [-0.1, -0.05) is 0 Å². The standard InChI is InChI=1S/C13H22F2N2O/c1-12(8-16,10-2-3-10)17-11(18)9-4-6-13(14,15)7-5-9/h9-10H,2-8,16H2,1H3,(H,17,18). The van der Waals surface area contributed by atoms with Gasteiger partial charge in [-0.2, -0.15) is 0 Å². The van der Waals surface area contributed by atoms with Crippen molar-refractivity contribution >= 4 is 5.91 Å². The maximum atomic E-state index is 13.0. The molecule has 0 saturated heterocycles. The predicted molar refractivity (Wildman–Crippen MR) is 65.2 cm³/mol. The van der Waals surface area contributed by atoms with E-state index in [9.17, 15) is 13.6 Å². The van der Waals surface area contributed by atoms with Crippen LogP contribution in [0.5, 0.6) is 0 Å². The lowest BCUT2D eigenvalue weighted by molar-refractivity contribution is -0.131. The van der Waals surface area contributed by atoms with Crippen molar-refractivity contribution < 1.29 is 13.6 Å². The van der Waals surface area contributed by atoms with Crippen LogP contribution in [0.1, 0.15) is 45.4 Å². The first-order chi connectivity index (χ1) is 8.36. The summed E-state index contributed by atoms with van der Waals surface area (Å²) in [6.07, 6.45) is 2.41. The van der Waals surface area contributed by atoms with E-state index in [1.165, 1.54) is 0 Å². The Morgan fingerprint density at radius 3 is 2.33 bits per heavy atom. The molecule has 2 aliphatic rings. The summed E-state index contributed by atoms with van der Waals surface area (Å²) < 4.78 is 26.1. The Labute approximate surface area is 106 Å². The average Bonchev–Trinajstić information content (AvgIpc) is 3.12. The molecule has 0 aromatic heterocycles. The molecular weight excluding hydrogens is 238 g/mol. The molecule has 1 unspecified atom stereocenters. The molecule has 1 atom stereocenters. The number of nitrogens with two attached hydrogens (primary N) is 1. The first-order valence-electron chi connectivity index (χ1n) is 6.76. The summed E-state index contributed by atoms with van der Waals surface area (Å²) >= 11 is 0. The first-order valence-corrected chi connectivity index (χ1v) is 6.76. The van der Waals surface area contributed by atoms with E-state index in [2.05, 4.69) is 5.32 Å². The van der Waals surface area contributed by atoms with Crippen LogP contribution in [0, 0.1) is 11.8 Å². The van der Waals surface area contributed by atoms with Crippen molar-refractivity contribution in [2.24, 2.45) is 17.6 Å². The molecule has 2 saturated carbocycles. The summed E-state index contributed by atoms with van der Waals surface area (Å²) in [5.74, 6) is -2.49. The Morgan fingerprint density at radius 1 is 1.33 bits per heavy atom. The minimum atomic E-state index is -2.58. The van der Waals surface area contributed by atoms with Crippen LogP contribution in [0.2, 0.25) is 0 Å². The topological polar surface area (TPSA) is 55.1 Å². The molecule has 0 heterocycles. The SMILES string of the molecule is CC(CN)(NC(=O)C1CCC(F)(F)CC1)C1CC1. The zero-order valence-electron chi connectivity index (χ0n) is 10.8. The predicted octanol–water partition coefficient (Wildman–Crippen LogP) is 2.06. The van der Waals surface area contributed by atoms with Crippen LogP contribution >= 0.6 is 0 Å². The molecule has 0 aliphatic heterocycles. The largest absolute Gasteiger partial charge is 0.349 e. The van der Waals surface area contributed by atoms with Crippen molar-refractivity contribution in [1.82, 2.24) is 5.32 Å². The number of rotatable bonds is 4. The molecule has 0 aromatic carbocycles. The lowest BCUT2D eigenvalue weighted by atomic mass is 9.85. The van der Waals surface area contributed by atoms with Crippen LogP contribution in [-0.4, -0.2) is 23.9 Å². The highest BCUT2D eigenvalue weighted by atomic mass is 19.3. The number of carbonyl (C=O) groups excluding carboxylic acids is 1. The molecule has 5 heteroatoms. The number of alkyl halides is 2. The van der Waals surface area contributed by atoms with Crippen LogP contribution < -0.4 is 11.1 Å². The highest BCUT2D eigenvalue weighted by Gasteiger charge is 2.44. The van der Waals surface area contributed by atoms with Crippen LogP contribution in [0.25, 0.3) is 0 Å². The van der Waals surface area contributed by atoms with E-state index in [4.69, 9.17) is 5.73 Å². The second-order valence-electron chi connectivity index (χ2n) is 6.02. The molecule has 0 spiro atoms. The number of hydrogen-bond acceptors (Lipinski definition) is 2. The van der Waals surface area contributed by atoms with E-state index in [0.29, 0.717) is 12.5 Å². The van der Waals surface area contributed by atoms with E-state index in [1.807, 2.05) is 6.92 Å². The van der Waals surface area contributed by atoms with Crippen LogP contribution in [-0.2, 0) is 4.79 Å². The lowest BCUT2D eigenvalue weighted by Gasteiger charge is -2.33. The van der Waals surface area contributed by atoms with Gasteiger partial charge in [0.1, 0.15) is 0 Å². The molecule has 18 heavy (non-hydrogen) atoms. The molecular formula is C13H22F2N2O. The monoisotopic (exact) mass is 260 g/mol. The zero-order chi connectivity index (χ0) is 13.4. The van der Waals surface area contributed by atoms with Gasteiger partial charge in [0.2, 0.25) is 11.8 Å². The normalized spacial score (nSPS) is 27.6. The maximum absolute atomic E-state index is 13.0. The third-order valence-corrected chi connectivity index (χ3v) is 4.40. The van der Waals surface area contributed by atoms with Gasteiger partial charge < -0.3 is 11.1 Å². The summed E-state index contributed by atoms with van der Waals surface area (Å²) in [5, 5.41) is 2.99. The Hall–Kier alpha value is -0.710. The third-order valence-electron chi connectivity index (χ3n) is 4.40. The molecule has 2 aliphatic carbocycles. The summed E-state index contributed by atoms with van der Waals surface area (Å²) in [4.78, 5) is 12.1. The van der Waals surface area contributed by atoms with Crippen molar-refractivity contribution in [3.05, 3.63) is 0 Å². The van der Waals surface area contributed by atoms with E-state index >= 15 is 0 Å². The van der Waals surface area contributed by atoms with E-state index in [0.717, 1.165) is 12.8 Å². The Bertz CT molecular complexity index is 321. The summed E-state index contributed by atoms with van der Waals surface area (Å²) in [6.45, 7) is 2.37. The van der Waals surface area contributed by atoms with Crippen LogP contribution in [0.4, 0.5) is 8.78 Å². The fraction of sp³-hybridized carbons (Fsp3) is 0.923. The number of hydrogen-bond donors (Lipinski definition) is 2. The van der Waals surface area contributed by atoms with E-state index in [-0.39, 0.29) is 43.0 Å². The minimum Gasteiger partial charge on any atom is -0.349 e. The quantitative estimate of drug-likeness (QED) is 0.813. The molecule has 0 aromatic rings. The summed E-state index contributed by atoms with van der Waals surface area (Å²) in [5.41, 5.74) is 5.38. The molecule has 3 nitrogen and oxygen atoms in total. The van der Waals surface area contributed by atoms with Gasteiger partial charge in [-0.05, 0) is 38.5 Å². The van der Waals surface area contributed by atoms with Crippen LogP contribution in [0.15, 0.2) is 0 Å². The van der Waals surface area contributed by atoms with Gasteiger partial charge in [-0.25, -0.2) is 8.78 Å². The van der Waals surface area contributed by atoms with Crippen LogP contribution in [0.3, 0.4) is 0 Å². The van der Waals surface area contributed by atoms with Gasteiger partial charge in [0.25, 0.3) is 0 Å². The first kappa shape index (κ1) is 13.7. The number of amides is 1. The van der Waals surface area contributed by atoms with Gasteiger partial charge in [-0.3, -0.25) is 4.79 Å². The van der Waals surface area contributed by atoms with Gasteiger partial charge in [-0.15, -0.1) is 0 Å². The minimum absolute atomic E-state index is 0.0923. The summed E-state index contributed by atoms with van der Waals surface area (Å²) in [7, 11) is 0. The highest BCUT2D eigenvalue weighted by molar-refractivity contribution is 5.79. The van der Waals surface area contributed by atoms with Gasteiger partial charge in [0.15, 0.2) is 0 Å². The van der Waals surface area contributed by atoms with Crippen molar-refractivity contribution in [2.45, 2.75) is 56.9 Å². The fourth-order valence-electron chi connectivity index (χ4n) is 2.73. The Kier molecular flexibility index (Phi) is 3.63. The Balaban J connectivity index is 1.88. The number of halogens is 2. The number of carbonyl (C=O) groups is 1. The van der Waals surface area contributed by atoms with Crippen molar-refractivity contribution in [3.63, 3.8) is 0 Å². The molecule has 104 valence electrons. The van der Waals surface area contributed by atoms with E-state index in [1.54, 1.807) is 0 Å².